The lowest BCUT2D eigenvalue weighted by Crippen LogP contribution is -2.50. The van der Waals surface area contributed by atoms with E-state index in [1.807, 2.05) is 30.3 Å². The van der Waals surface area contributed by atoms with E-state index in [2.05, 4.69) is 4.90 Å². The van der Waals surface area contributed by atoms with Crippen LogP contribution in [0.2, 0.25) is 0 Å². The van der Waals surface area contributed by atoms with Crippen LogP contribution in [0.5, 0.6) is 5.75 Å². The minimum Gasteiger partial charge on any atom is -0.491 e. The quantitative estimate of drug-likeness (QED) is 0.856. The van der Waals surface area contributed by atoms with Crippen molar-refractivity contribution in [2.45, 2.75) is 25.0 Å². The summed E-state index contributed by atoms with van der Waals surface area (Å²) in [6, 6.07) is 10.1. The van der Waals surface area contributed by atoms with E-state index in [0.717, 1.165) is 31.4 Å². The molecular formula is C16H23NO3. The van der Waals surface area contributed by atoms with E-state index in [9.17, 15) is 5.11 Å². The van der Waals surface area contributed by atoms with Gasteiger partial charge in [0, 0.05) is 19.1 Å². The van der Waals surface area contributed by atoms with Gasteiger partial charge < -0.3 is 14.6 Å². The number of aliphatic hydroxyl groups is 1. The number of hydrogen-bond donors (Lipinski definition) is 1. The monoisotopic (exact) mass is 277 g/mol. The van der Waals surface area contributed by atoms with E-state index in [1.54, 1.807) is 0 Å². The summed E-state index contributed by atoms with van der Waals surface area (Å²) >= 11 is 0. The predicted molar refractivity (Wildman–Crippen MR) is 76.8 cm³/mol. The third-order valence-corrected chi connectivity index (χ3v) is 4.08. The standard InChI is InChI=1S/C16H23NO3/c18-14(11-20-15-4-2-1-3-5-15)10-17-8-9-19-12-16(17)13-6-7-13/h1-5,13-14,16,18H,6-12H2. The number of morpholine rings is 1. The van der Waals surface area contributed by atoms with Crippen molar-refractivity contribution in [3.63, 3.8) is 0 Å². The highest BCUT2D eigenvalue weighted by molar-refractivity contribution is 5.20. The Morgan fingerprint density at radius 3 is 2.85 bits per heavy atom. The van der Waals surface area contributed by atoms with E-state index >= 15 is 0 Å². The molecule has 2 atom stereocenters. The fraction of sp³-hybridized carbons (Fsp3) is 0.625. The molecular weight excluding hydrogens is 254 g/mol. The molecule has 1 heterocycles. The van der Waals surface area contributed by atoms with Crippen molar-refractivity contribution in [3.8, 4) is 5.75 Å². The molecule has 2 aliphatic rings. The molecule has 2 unspecified atom stereocenters. The summed E-state index contributed by atoms with van der Waals surface area (Å²) < 4.78 is 11.2. The molecule has 4 heteroatoms. The fourth-order valence-electron chi connectivity index (χ4n) is 2.83. The zero-order valence-corrected chi connectivity index (χ0v) is 11.8. The lowest BCUT2D eigenvalue weighted by atomic mass is 10.1. The lowest BCUT2D eigenvalue weighted by Gasteiger charge is -2.36. The molecule has 2 fully saturated rings. The smallest absolute Gasteiger partial charge is 0.119 e. The van der Waals surface area contributed by atoms with Gasteiger partial charge in [-0.2, -0.15) is 0 Å². The van der Waals surface area contributed by atoms with Crippen LogP contribution in [0, 0.1) is 5.92 Å². The molecule has 1 aromatic carbocycles. The van der Waals surface area contributed by atoms with E-state index in [-0.39, 0.29) is 0 Å². The second-order valence-electron chi connectivity index (χ2n) is 5.75. The Morgan fingerprint density at radius 2 is 2.10 bits per heavy atom. The largest absolute Gasteiger partial charge is 0.491 e. The average molecular weight is 277 g/mol. The molecule has 0 spiro atoms. The molecule has 0 aromatic heterocycles. The van der Waals surface area contributed by atoms with Crippen molar-refractivity contribution in [1.29, 1.82) is 0 Å². The van der Waals surface area contributed by atoms with Gasteiger partial charge in [-0.05, 0) is 30.9 Å². The van der Waals surface area contributed by atoms with Crippen molar-refractivity contribution >= 4 is 0 Å². The van der Waals surface area contributed by atoms with Crippen LogP contribution in [-0.4, -0.2) is 55.1 Å². The zero-order chi connectivity index (χ0) is 13.8. The Hall–Kier alpha value is -1.10. The molecule has 3 rings (SSSR count). The number of ether oxygens (including phenoxy) is 2. The lowest BCUT2D eigenvalue weighted by molar-refractivity contribution is -0.0392. The first kappa shape index (κ1) is 13.9. The van der Waals surface area contributed by atoms with Crippen LogP contribution in [0.4, 0.5) is 0 Å². The number of benzene rings is 1. The minimum atomic E-state index is -0.449. The molecule has 1 saturated carbocycles. The van der Waals surface area contributed by atoms with Crippen molar-refractivity contribution in [3.05, 3.63) is 30.3 Å². The Labute approximate surface area is 120 Å². The number of aliphatic hydroxyl groups excluding tert-OH is 1. The van der Waals surface area contributed by atoms with Gasteiger partial charge in [0.05, 0.1) is 13.2 Å². The van der Waals surface area contributed by atoms with Gasteiger partial charge in [-0.1, -0.05) is 18.2 Å². The van der Waals surface area contributed by atoms with Crippen molar-refractivity contribution in [2.24, 2.45) is 5.92 Å². The van der Waals surface area contributed by atoms with E-state index in [0.29, 0.717) is 19.2 Å². The van der Waals surface area contributed by atoms with Crippen molar-refractivity contribution in [2.75, 3.05) is 32.9 Å². The zero-order valence-electron chi connectivity index (χ0n) is 11.8. The molecule has 1 saturated heterocycles. The Morgan fingerprint density at radius 1 is 1.30 bits per heavy atom. The highest BCUT2D eigenvalue weighted by Gasteiger charge is 2.37. The van der Waals surface area contributed by atoms with Gasteiger partial charge in [-0.3, -0.25) is 4.90 Å². The maximum Gasteiger partial charge on any atom is 0.119 e. The molecule has 110 valence electrons. The Kier molecular flexibility index (Phi) is 4.55. The fourth-order valence-corrected chi connectivity index (χ4v) is 2.83. The molecule has 1 aliphatic carbocycles. The van der Waals surface area contributed by atoms with Gasteiger partial charge in [0.15, 0.2) is 0 Å². The molecule has 20 heavy (non-hydrogen) atoms. The maximum atomic E-state index is 10.2. The summed E-state index contributed by atoms with van der Waals surface area (Å²) in [6.07, 6.45) is 2.16. The van der Waals surface area contributed by atoms with Gasteiger partial charge in [0.25, 0.3) is 0 Å². The van der Waals surface area contributed by atoms with E-state index in [4.69, 9.17) is 9.47 Å². The summed E-state index contributed by atoms with van der Waals surface area (Å²) in [7, 11) is 0. The first-order valence-electron chi connectivity index (χ1n) is 7.50. The molecule has 0 radical (unpaired) electrons. The average Bonchev–Trinajstić information content (AvgIpc) is 3.31. The summed E-state index contributed by atoms with van der Waals surface area (Å²) in [5, 5.41) is 10.2. The normalized spacial score (nSPS) is 25.4. The van der Waals surface area contributed by atoms with E-state index in [1.165, 1.54) is 12.8 Å². The Balaban J connectivity index is 1.46. The number of rotatable bonds is 6. The molecule has 1 aliphatic heterocycles. The molecule has 4 nitrogen and oxygen atoms in total. The highest BCUT2D eigenvalue weighted by atomic mass is 16.5. The van der Waals surface area contributed by atoms with Crippen molar-refractivity contribution < 1.29 is 14.6 Å². The predicted octanol–water partition coefficient (Wildman–Crippen LogP) is 1.54. The third-order valence-electron chi connectivity index (χ3n) is 4.08. The van der Waals surface area contributed by atoms with Gasteiger partial charge in [-0.25, -0.2) is 0 Å². The van der Waals surface area contributed by atoms with Gasteiger partial charge in [0.1, 0.15) is 18.5 Å². The van der Waals surface area contributed by atoms with Crippen LogP contribution < -0.4 is 4.74 Å². The van der Waals surface area contributed by atoms with Crippen molar-refractivity contribution in [1.82, 2.24) is 4.90 Å². The molecule has 1 aromatic rings. The molecule has 0 bridgehead atoms. The first-order chi connectivity index (χ1) is 9.83. The number of β-amino-alcohol motifs (C(OH)–C–C–N with tert-alkyl or cyclic N) is 1. The third kappa shape index (κ3) is 3.72. The van der Waals surface area contributed by atoms with Crippen LogP contribution in [-0.2, 0) is 4.74 Å². The van der Waals surface area contributed by atoms with E-state index < -0.39 is 6.10 Å². The van der Waals surface area contributed by atoms with Gasteiger partial charge >= 0.3 is 0 Å². The summed E-state index contributed by atoms with van der Waals surface area (Å²) in [5.41, 5.74) is 0. The summed E-state index contributed by atoms with van der Waals surface area (Å²) in [5.74, 6) is 1.59. The first-order valence-corrected chi connectivity index (χ1v) is 7.50. The minimum absolute atomic E-state index is 0.346. The van der Waals surface area contributed by atoms with Crippen LogP contribution >= 0.6 is 0 Å². The Bertz CT molecular complexity index is 407. The number of hydrogen-bond acceptors (Lipinski definition) is 4. The van der Waals surface area contributed by atoms with Gasteiger partial charge in [-0.15, -0.1) is 0 Å². The second kappa shape index (κ2) is 6.57. The summed E-state index contributed by atoms with van der Waals surface area (Å²) in [4.78, 5) is 2.38. The maximum absolute atomic E-state index is 10.2. The van der Waals surface area contributed by atoms with Crippen LogP contribution in [0.25, 0.3) is 0 Å². The molecule has 0 amide bonds. The van der Waals surface area contributed by atoms with Crippen LogP contribution in [0.3, 0.4) is 0 Å². The molecule has 1 N–H and O–H groups in total. The van der Waals surface area contributed by atoms with Crippen LogP contribution in [0.1, 0.15) is 12.8 Å². The highest BCUT2D eigenvalue weighted by Crippen LogP contribution is 2.36. The van der Waals surface area contributed by atoms with Gasteiger partial charge in [0.2, 0.25) is 0 Å². The number of para-hydroxylation sites is 1. The SMILES string of the molecule is OC(COc1ccccc1)CN1CCOCC1C1CC1. The summed E-state index contributed by atoms with van der Waals surface area (Å²) in [6.45, 7) is 3.53. The topological polar surface area (TPSA) is 41.9 Å². The number of nitrogens with zero attached hydrogens (tertiary/aromatic N) is 1. The second-order valence-corrected chi connectivity index (χ2v) is 5.75. The van der Waals surface area contributed by atoms with Crippen LogP contribution in [0.15, 0.2) is 30.3 Å².